The average Bonchev–Trinajstić information content (AvgIpc) is 2.52. The number of hydrogen-bond acceptors (Lipinski definition) is 6. The van der Waals surface area contributed by atoms with Gasteiger partial charge in [-0.25, -0.2) is 0 Å². The van der Waals surface area contributed by atoms with Crippen molar-refractivity contribution in [1.29, 1.82) is 0 Å². The third-order valence-electron chi connectivity index (χ3n) is 3.85. The van der Waals surface area contributed by atoms with Crippen LogP contribution in [-0.4, -0.2) is 35.9 Å². The van der Waals surface area contributed by atoms with Gasteiger partial charge in [0.05, 0.1) is 19.7 Å². The molecule has 1 aromatic rings. The van der Waals surface area contributed by atoms with Gasteiger partial charge in [-0.15, -0.1) is 0 Å². The largest absolute Gasteiger partial charge is 0.502 e. The topological polar surface area (TPSA) is 101 Å². The van der Waals surface area contributed by atoms with Crippen molar-refractivity contribution in [3.63, 3.8) is 0 Å². The molecule has 3 N–H and O–H groups in total. The molecule has 1 fully saturated rings. The summed E-state index contributed by atoms with van der Waals surface area (Å²) >= 11 is 0. The van der Waals surface area contributed by atoms with Gasteiger partial charge in [0.2, 0.25) is 16.9 Å². The number of nitrogens with one attached hydrogen (secondary N) is 1. The highest BCUT2D eigenvalue weighted by Gasteiger charge is 2.31. The van der Waals surface area contributed by atoms with E-state index >= 15 is 0 Å². The molecule has 2 rings (SSSR count). The van der Waals surface area contributed by atoms with E-state index in [1.807, 2.05) is 0 Å². The number of hydrogen-bond donors (Lipinski definition) is 3. The lowest BCUT2D eigenvalue weighted by Crippen LogP contribution is -3.12. The highest BCUT2D eigenvalue weighted by Crippen LogP contribution is 2.14. The normalized spacial score (nSPS) is 21.5. The second-order valence-electron chi connectivity index (χ2n) is 5.48. The van der Waals surface area contributed by atoms with Gasteiger partial charge in [-0.2, -0.15) is 0 Å². The summed E-state index contributed by atoms with van der Waals surface area (Å²) in [7, 11) is 0. The first-order chi connectivity index (χ1) is 10.5. The number of rotatable bonds is 5. The number of piperidine rings is 1. The first-order valence-corrected chi connectivity index (χ1v) is 7.51. The fourth-order valence-electron chi connectivity index (χ4n) is 2.79. The van der Waals surface area contributed by atoms with Crippen molar-refractivity contribution >= 4 is 5.97 Å². The summed E-state index contributed by atoms with van der Waals surface area (Å²) in [4.78, 5) is 24.5. The van der Waals surface area contributed by atoms with Crippen molar-refractivity contribution < 1.29 is 29.1 Å². The maximum Gasteiger partial charge on any atom is 0.314 e. The number of carbonyl (C=O) groups is 1. The SMILES string of the molecule is CCOC(=O)C1CCC[NH+](Cc2oc(CO)cc(=O)c2O)C1. The molecule has 122 valence electrons. The van der Waals surface area contributed by atoms with Crippen molar-refractivity contribution in [2.45, 2.75) is 32.9 Å². The zero-order chi connectivity index (χ0) is 16.1. The van der Waals surface area contributed by atoms with E-state index in [2.05, 4.69) is 0 Å². The quantitative estimate of drug-likeness (QED) is 0.615. The zero-order valence-corrected chi connectivity index (χ0v) is 12.6. The first-order valence-electron chi connectivity index (χ1n) is 7.51. The van der Waals surface area contributed by atoms with Crippen molar-refractivity contribution in [2.75, 3.05) is 19.7 Å². The van der Waals surface area contributed by atoms with Crippen LogP contribution in [-0.2, 0) is 22.7 Å². The van der Waals surface area contributed by atoms with Crippen molar-refractivity contribution in [3.8, 4) is 5.75 Å². The third-order valence-corrected chi connectivity index (χ3v) is 3.85. The molecule has 1 aliphatic heterocycles. The number of ether oxygens (including phenoxy) is 1. The second kappa shape index (κ2) is 7.42. The Balaban J connectivity index is 2.09. The van der Waals surface area contributed by atoms with Crippen LogP contribution in [0.1, 0.15) is 31.3 Å². The van der Waals surface area contributed by atoms with E-state index in [9.17, 15) is 14.7 Å². The van der Waals surface area contributed by atoms with Crippen molar-refractivity contribution in [1.82, 2.24) is 0 Å². The van der Waals surface area contributed by atoms with Crippen LogP contribution in [0.4, 0.5) is 0 Å². The second-order valence-corrected chi connectivity index (χ2v) is 5.48. The van der Waals surface area contributed by atoms with E-state index < -0.39 is 17.8 Å². The first kappa shape index (κ1) is 16.5. The smallest absolute Gasteiger partial charge is 0.314 e. The van der Waals surface area contributed by atoms with Crippen LogP contribution >= 0.6 is 0 Å². The van der Waals surface area contributed by atoms with Crippen molar-refractivity contribution in [3.05, 3.63) is 27.8 Å². The maximum absolute atomic E-state index is 11.8. The van der Waals surface area contributed by atoms with Crippen molar-refractivity contribution in [2.24, 2.45) is 5.92 Å². The van der Waals surface area contributed by atoms with E-state index in [-0.39, 0.29) is 23.4 Å². The molecule has 2 heterocycles. The van der Waals surface area contributed by atoms with E-state index in [0.717, 1.165) is 30.4 Å². The van der Waals surface area contributed by atoms with Gasteiger partial charge in [-0.1, -0.05) is 0 Å². The van der Waals surface area contributed by atoms with E-state index in [0.29, 0.717) is 19.7 Å². The Morgan fingerprint density at radius 2 is 2.32 bits per heavy atom. The average molecular weight is 312 g/mol. The van der Waals surface area contributed by atoms with Crippen LogP contribution in [0, 0.1) is 5.92 Å². The predicted octanol–water partition coefficient (Wildman–Crippen LogP) is -0.804. The van der Waals surface area contributed by atoms with Crippen LogP contribution < -0.4 is 10.3 Å². The fraction of sp³-hybridized carbons (Fsp3) is 0.600. The molecule has 1 aliphatic rings. The molecule has 0 aliphatic carbocycles. The molecule has 0 aromatic carbocycles. The summed E-state index contributed by atoms with van der Waals surface area (Å²) in [6, 6.07) is 1.08. The van der Waals surface area contributed by atoms with Crippen LogP contribution in [0.3, 0.4) is 0 Å². The number of aliphatic hydroxyl groups is 1. The Morgan fingerprint density at radius 3 is 3.00 bits per heavy atom. The third kappa shape index (κ3) is 3.86. The van der Waals surface area contributed by atoms with Gasteiger partial charge in [-0.05, 0) is 19.8 Å². The molecule has 2 unspecified atom stereocenters. The number of quaternary nitrogens is 1. The minimum atomic E-state index is -0.566. The highest BCUT2D eigenvalue weighted by atomic mass is 16.5. The molecular formula is C15H22NO6+. The monoisotopic (exact) mass is 312 g/mol. The molecule has 2 atom stereocenters. The lowest BCUT2D eigenvalue weighted by Gasteiger charge is -2.28. The number of aromatic hydroxyl groups is 1. The highest BCUT2D eigenvalue weighted by molar-refractivity contribution is 5.72. The zero-order valence-electron chi connectivity index (χ0n) is 12.6. The van der Waals surface area contributed by atoms with E-state index in [1.165, 1.54) is 0 Å². The molecule has 0 bridgehead atoms. The Bertz CT molecular complexity index is 582. The van der Waals surface area contributed by atoms with Gasteiger partial charge in [0, 0.05) is 6.07 Å². The molecule has 0 spiro atoms. The number of carbonyl (C=O) groups excluding carboxylic acids is 1. The Morgan fingerprint density at radius 1 is 1.55 bits per heavy atom. The minimum Gasteiger partial charge on any atom is -0.502 e. The van der Waals surface area contributed by atoms with Gasteiger partial charge in [0.1, 0.15) is 24.8 Å². The number of aliphatic hydroxyl groups excluding tert-OH is 1. The molecule has 0 saturated carbocycles. The molecule has 22 heavy (non-hydrogen) atoms. The van der Waals surface area contributed by atoms with Gasteiger partial charge >= 0.3 is 5.97 Å². The molecular weight excluding hydrogens is 290 g/mol. The molecule has 0 amide bonds. The van der Waals surface area contributed by atoms with Gasteiger partial charge in [-0.3, -0.25) is 9.59 Å². The summed E-state index contributed by atoms with van der Waals surface area (Å²) in [5, 5.41) is 18.9. The molecule has 7 nitrogen and oxygen atoms in total. The summed E-state index contributed by atoms with van der Waals surface area (Å²) in [5.74, 6) is -0.525. The lowest BCUT2D eigenvalue weighted by molar-refractivity contribution is -0.922. The molecule has 1 aromatic heterocycles. The number of likely N-dealkylation sites (tertiary alicyclic amines) is 1. The minimum absolute atomic E-state index is 0.121. The Labute approximate surface area is 128 Å². The van der Waals surface area contributed by atoms with Crippen LogP contribution in [0.5, 0.6) is 5.75 Å². The Hall–Kier alpha value is -1.86. The lowest BCUT2D eigenvalue weighted by atomic mass is 9.98. The van der Waals surface area contributed by atoms with Crippen LogP contribution in [0.2, 0.25) is 0 Å². The van der Waals surface area contributed by atoms with Gasteiger partial charge < -0.3 is 24.3 Å². The van der Waals surface area contributed by atoms with Crippen LogP contribution in [0.15, 0.2) is 15.3 Å². The summed E-state index contributed by atoms with van der Waals surface area (Å²) in [6.07, 6.45) is 1.65. The maximum atomic E-state index is 11.8. The number of esters is 1. The summed E-state index contributed by atoms with van der Waals surface area (Å²) in [6.45, 7) is 3.43. The summed E-state index contributed by atoms with van der Waals surface area (Å²) in [5.41, 5.74) is -0.566. The predicted molar refractivity (Wildman–Crippen MR) is 76.3 cm³/mol. The fourth-order valence-corrected chi connectivity index (χ4v) is 2.79. The Kier molecular flexibility index (Phi) is 5.57. The van der Waals surface area contributed by atoms with E-state index in [4.69, 9.17) is 14.3 Å². The van der Waals surface area contributed by atoms with Crippen LogP contribution in [0.25, 0.3) is 0 Å². The molecule has 7 heteroatoms. The van der Waals surface area contributed by atoms with Gasteiger partial charge in [0.25, 0.3) is 0 Å². The molecule has 1 saturated heterocycles. The van der Waals surface area contributed by atoms with E-state index in [1.54, 1.807) is 6.92 Å². The standard InChI is InChI=1S/C15H21NO6/c1-2-21-15(20)10-4-3-5-16(7-10)8-13-14(19)12(18)6-11(9-17)22-13/h6,10,17,19H,2-5,7-9H2,1H3/p+1. The van der Waals surface area contributed by atoms with Gasteiger partial charge in [0.15, 0.2) is 0 Å². The summed E-state index contributed by atoms with van der Waals surface area (Å²) < 4.78 is 10.4. The molecule has 0 radical (unpaired) electrons.